The topological polar surface area (TPSA) is 52.6 Å². The maximum absolute atomic E-state index is 12.8. The second-order valence-corrected chi connectivity index (χ2v) is 6.54. The summed E-state index contributed by atoms with van der Waals surface area (Å²) in [5.41, 5.74) is 3.33. The van der Waals surface area contributed by atoms with Gasteiger partial charge in [0.25, 0.3) is 0 Å². The van der Waals surface area contributed by atoms with Gasteiger partial charge in [-0.2, -0.15) is 0 Å². The van der Waals surface area contributed by atoms with Crippen molar-refractivity contribution in [1.29, 1.82) is 0 Å². The summed E-state index contributed by atoms with van der Waals surface area (Å²) in [7, 11) is 0. The van der Waals surface area contributed by atoms with Gasteiger partial charge < -0.3 is 9.47 Å². The minimum absolute atomic E-state index is 0.0970. The van der Waals surface area contributed by atoms with Gasteiger partial charge in [-0.05, 0) is 32.0 Å². The van der Waals surface area contributed by atoms with Crippen LogP contribution in [-0.2, 0) is 4.74 Å². The Kier molecular flexibility index (Phi) is 6.22. The summed E-state index contributed by atoms with van der Waals surface area (Å²) in [5.74, 6) is -0.0244. The molecule has 3 rings (SSSR count). The first-order valence-electron chi connectivity index (χ1n) is 9.11. The van der Waals surface area contributed by atoms with Crippen LogP contribution < -0.4 is 4.74 Å². The van der Waals surface area contributed by atoms with E-state index in [-0.39, 0.29) is 24.6 Å². The Morgan fingerprint density at radius 2 is 1.29 bits per heavy atom. The first-order chi connectivity index (χ1) is 13.5. The number of rotatable bonds is 7. The lowest BCUT2D eigenvalue weighted by Gasteiger charge is -2.10. The van der Waals surface area contributed by atoms with Gasteiger partial charge in [0.1, 0.15) is 19.0 Å². The van der Waals surface area contributed by atoms with Gasteiger partial charge in [0.2, 0.25) is 0 Å². The van der Waals surface area contributed by atoms with Crippen LogP contribution in [0, 0.1) is 13.8 Å². The highest BCUT2D eigenvalue weighted by molar-refractivity contribution is 6.14. The van der Waals surface area contributed by atoms with Crippen LogP contribution in [0.15, 0.2) is 72.8 Å². The lowest BCUT2D eigenvalue weighted by Crippen LogP contribution is -2.16. The van der Waals surface area contributed by atoms with Crippen molar-refractivity contribution in [2.24, 2.45) is 0 Å². The molecule has 28 heavy (non-hydrogen) atoms. The Balaban J connectivity index is 1.63. The third kappa shape index (κ3) is 4.86. The molecule has 142 valence electrons. The molecule has 0 saturated carbocycles. The summed E-state index contributed by atoms with van der Waals surface area (Å²) in [6, 6.07) is 21.6. The van der Waals surface area contributed by atoms with Crippen molar-refractivity contribution in [3.8, 4) is 5.75 Å². The number of carbonyl (C=O) groups is 2. The summed E-state index contributed by atoms with van der Waals surface area (Å²) in [6.07, 6.45) is 0. The number of aryl methyl sites for hydroxylation is 2. The van der Waals surface area contributed by atoms with E-state index in [0.717, 1.165) is 16.9 Å². The molecule has 0 radical (unpaired) electrons. The number of esters is 1. The van der Waals surface area contributed by atoms with Crippen LogP contribution in [-0.4, -0.2) is 25.0 Å². The molecule has 0 atom stereocenters. The zero-order chi connectivity index (χ0) is 19.9. The van der Waals surface area contributed by atoms with Gasteiger partial charge in [-0.3, -0.25) is 4.79 Å². The molecule has 0 heterocycles. The van der Waals surface area contributed by atoms with Crippen molar-refractivity contribution in [2.75, 3.05) is 13.2 Å². The Morgan fingerprint density at radius 3 is 1.93 bits per heavy atom. The molecule has 4 heteroatoms. The van der Waals surface area contributed by atoms with Crippen LogP contribution in [0.25, 0.3) is 0 Å². The largest absolute Gasteiger partial charge is 0.490 e. The molecule has 0 unspecified atom stereocenters. The Hall–Kier alpha value is -3.40. The Labute approximate surface area is 164 Å². The van der Waals surface area contributed by atoms with E-state index in [1.165, 1.54) is 0 Å². The molecule has 3 aromatic carbocycles. The second-order valence-electron chi connectivity index (χ2n) is 6.54. The molecule has 0 bridgehead atoms. The molecule has 0 aromatic heterocycles. The highest BCUT2D eigenvalue weighted by Gasteiger charge is 2.19. The zero-order valence-electron chi connectivity index (χ0n) is 16.0. The van der Waals surface area contributed by atoms with Crippen LogP contribution in [0.1, 0.15) is 37.4 Å². The van der Waals surface area contributed by atoms with E-state index in [1.807, 2.05) is 50.2 Å². The molecule has 3 aromatic rings. The van der Waals surface area contributed by atoms with Crippen molar-refractivity contribution in [3.63, 3.8) is 0 Å². The molecular formula is C24H22O4. The van der Waals surface area contributed by atoms with Gasteiger partial charge in [0.05, 0.1) is 5.56 Å². The van der Waals surface area contributed by atoms with E-state index in [1.54, 1.807) is 36.4 Å². The monoisotopic (exact) mass is 374 g/mol. The number of ether oxygens (including phenoxy) is 2. The van der Waals surface area contributed by atoms with Crippen molar-refractivity contribution >= 4 is 11.8 Å². The standard InChI is InChI=1S/C24H22O4/c1-17-7-11-19(12-8-17)23(25)21-5-3-4-6-22(21)24(26)28-16-15-27-20-13-9-18(2)10-14-20/h3-14H,15-16H2,1-2H3. The molecule has 0 aliphatic rings. The van der Waals surface area contributed by atoms with Crippen LogP contribution in [0.2, 0.25) is 0 Å². The number of hydrogen-bond acceptors (Lipinski definition) is 4. The molecule has 0 aliphatic carbocycles. The van der Waals surface area contributed by atoms with Gasteiger partial charge in [-0.25, -0.2) is 4.79 Å². The lowest BCUT2D eigenvalue weighted by molar-refractivity contribution is 0.0448. The third-order valence-electron chi connectivity index (χ3n) is 4.31. The molecule has 0 amide bonds. The van der Waals surface area contributed by atoms with Crippen LogP contribution in [0.4, 0.5) is 0 Å². The second kappa shape index (κ2) is 9.00. The number of hydrogen-bond donors (Lipinski definition) is 0. The SMILES string of the molecule is Cc1ccc(OCCOC(=O)c2ccccc2C(=O)c2ccc(C)cc2)cc1. The smallest absolute Gasteiger partial charge is 0.339 e. The van der Waals surface area contributed by atoms with Gasteiger partial charge >= 0.3 is 5.97 Å². The molecular weight excluding hydrogens is 352 g/mol. The summed E-state index contributed by atoms with van der Waals surface area (Å²) < 4.78 is 10.9. The highest BCUT2D eigenvalue weighted by Crippen LogP contribution is 2.17. The molecule has 0 aliphatic heterocycles. The molecule has 0 spiro atoms. The average Bonchev–Trinajstić information content (AvgIpc) is 2.72. The predicted molar refractivity (Wildman–Crippen MR) is 108 cm³/mol. The normalized spacial score (nSPS) is 10.4. The Bertz CT molecular complexity index is 957. The summed E-state index contributed by atoms with van der Waals surface area (Å²) in [6.45, 7) is 4.29. The minimum Gasteiger partial charge on any atom is -0.490 e. The molecule has 4 nitrogen and oxygen atoms in total. The quantitative estimate of drug-likeness (QED) is 0.340. The van der Waals surface area contributed by atoms with Crippen molar-refractivity contribution < 1.29 is 19.1 Å². The van der Waals surface area contributed by atoms with E-state index >= 15 is 0 Å². The van der Waals surface area contributed by atoms with Crippen molar-refractivity contribution in [2.45, 2.75) is 13.8 Å². The summed E-state index contributed by atoms with van der Waals surface area (Å²) in [5, 5.41) is 0. The van der Waals surface area contributed by atoms with Gasteiger partial charge in [-0.1, -0.05) is 65.7 Å². The van der Waals surface area contributed by atoms with Gasteiger partial charge in [0, 0.05) is 11.1 Å². The zero-order valence-corrected chi connectivity index (χ0v) is 16.0. The number of ketones is 1. The number of carbonyl (C=O) groups excluding carboxylic acids is 2. The van der Waals surface area contributed by atoms with E-state index in [4.69, 9.17) is 9.47 Å². The third-order valence-corrected chi connectivity index (χ3v) is 4.31. The molecule has 0 N–H and O–H groups in total. The minimum atomic E-state index is -0.538. The first kappa shape index (κ1) is 19.4. The van der Waals surface area contributed by atoms with E-state index in [9.17, 15) is 9.59 Å². The molecule has 0 fully saturated rings. The van der Waals surface area contributed by atoms with E-state index < -0.39 is 5.97 Å². The average molecular weight is 374 g/mol. The van der Waals surface area contributed by atoms with Crippen LogP contribution >= 0.6 is 0 Å². The molecule has 0 saturated heterocycles. The first-order valence-corrected chi connectivity index (χ1v) is 9.11. The fraction of sp³-hybridized carbons (Fsp3) is 0.167. The van der Waals surface area contributed by atoms with Gasteiger partial charge in [-0.15, -0.1) is 0 Å². The highest BCUT2D eigenvalue weighted by atomic mass is 16.6. The summed E-state index contributed by atoms with van der Waals surface area (Å²) in [4.78, 5) is 25.3. The predicted octanol–water partition coefficient (Wildman–Crippen LogP) is 4.77. The summed E-state index contributed by atoms with van der Waals surface area (Å²) >= 11 is 0. The Morgan fingerprint density at radius 1 is 0.714 bits per heavy atom. The number of benzene rings is 3. The lowest BCUT2D eigenvalue weighted by atomic mass is 9.98. The van der Waals surface area contributed by atoms with E-state index in [0.29, 0.717) is 11.1 Å². The van der Waals surface area contributed by atoms with Crippen LogP contribution in [0.5, 0.6) is 5.75 Å². The fourth-order valence-corrected chi connectivity index (χ4v) is 2.73. The van der Waals surface area contributed by atoms with Crippen molar-refractivity contribution in [1.82, 2.24) is 0 Å². The van der Waals surface area contributed by atoms with Crippen molar-refractivity contribution in [3.05, 3.63) is 101 Å². The van der Waals surface area contributed by atoms with Gasteiger partial charge in [0.15, 0.2) is 5.78 Å². The fourth-order valence-electron chi connectivity index (χ4n) is 2.73. The maximum Gasteiger partial charge on any atom is 0.339 e. The van der Waals surface area contributed by atoms with E-state index in [2.05, 4.69) is 0 Å². The maximum atomic E-state index is 12.8. The van der Waals surface area contributed by atoms with Crippen LogP contribution in [0.3, 0.4) is 0 Å².